The molecule has 0 aromatic carbocycles. The standard InChI is InChI=1S/C11H19N3O/c1-2-3-8-15-9-7-13-11-6-4-5-10(12)14-11/h4-6H,2-3,7-9H2,1H3,(H3,12,13,14). The number of anilines is 2. The number of unbranched alkanes of at least 4 members (excludes halogenated alkanes) is 1. The van der Waals surface area contributed by atoms with Gasteiger partial charge in [-0.05, 0) is 18.6 Å². The van der Waals surface area contributed by atoms with Crippen molar-refractivity contribution in [2.24, 2.45) is 0 Å². The zero-order valence-corrected chi connectivity index (χ0v) is 9.20. The highest BCUT2D eigenvalue weighted by Gasteiger charge is 1.93. The zero-order chi connectivity index (χ0) is 10.9. The predicted molar refractivity (Wildman–Crippen MR) is 62.9 cm³/mol. The zero-order valence-electron chi connectivity index (χ0n) is 9.20. The van der Waals surface area contributed by atoms with Crippen molar-refractivity contribution in [3.63, 3.8) is 0 Å². The third kappa shape index (κ3) is 5.22. The summed E-state index contributed by atoms with van der Waals surface area (Å²) in [5, 5.41) is 3.15. The number of hydrogen-bond donors (Lipinski definition) is 2. The van der Waals surface area contributed by atoms with Gasteiger partial charge in [-0.2, -0.15) is 0 Å². The van der Waals surface area contributed by atoms with Gasteiger partial charge in [-0.3, -0.25) is 0 Å². The van der Waals surface area contributed by atoms with E-state index < -0.39 is 0 Å². The molecule has 0 spiro atoms. The minimum atomic E-state index is 0.534. The first-order chi connectivity index (χ1) is 7.33. The number of nitrogens with zero attached hydrogens (tertiary/aromatic N) is 1. The average molecular weight is 209 g/mol. The molecule has 0 fully saturated rings. The van der Waals surface area contributed by atoms with Crippen molar-refractivity contribution in [2.75, 3.05) is 30.8 Å². The van der Waals surface area contributed by atoms with Gasteiger partial charge in [0.05, 0.1) is 6.61 Å². The number of aromatic nitrogens is 1. The van der Waals surface area contributed by atoms with Crippen molar-refractivity contribution >= 4 is 11.6 Å². The molecule has 0 aliphatic heterocycles. The Morgan fingerprint density at radius 1 is 1.40 bits per heavy atom. The second kappa shape index (κ2) is 7.06. The molecule has 3 N–H and O–H groups in total. The van der Waals surface area contributed by atoms with Crippen LogP contribution in [0, 0.1) is 0 Å². The van der Waals surface area contributed by atoms with Crippen LogP contribution in [-0.4, -0.2) is 24.7 Å². The van der Waals surface area contributed by atoms with Gasteiger partial charge in [-0.15, -0.1) is 0 Å². The van der Waals surface area contributed by atoms with Crippen LogP contribution in [0.5, 0.6) is 0 Å². The van der Waals surface area contributed by atoms with Crippen molar-refractivity contribution in [3.05, 3.63) is 18.2 Å². The van der Waals surface area contributed by atoms with Gasteiger partial charge in [0, 0.05) is 13.2 Å². The molecular formula is C11H19N3O. The Labute approximate surface area is 90.8 Å². The molecule has 0 unspecified atom stereocenters. The van der Waals surface area contributed by atoms with Gasteiger partial charge >= 0.3 is 0 Å². The summed E-state index contributed by atoms with van der Waals surface area (Å²) in [5.74, 6) is 1.33. The second-order valence-electron chi connectivity index (χ2n) is 3.34. The van der Waals surface area contributed by atoms with Crippen molar-refractivity contribution < 1.29 is 4.74 Å². The fourth-order valence-corrected chi connectivity index (χ4v) is 1.15. The van der Waals surface area contributed by atoms with Gasteiger partial charge in [0.25, 0.3) is 0 Å². The molecule has 15 heavy (non-hydrogen) atoms. The van der Waals surface area contributed by atoms with Crippen LogP contribution in [-0.2, 0) is 4.74 Å². The van der Waals surface area contributed by atoms with Crippen LogP contribution < -0.4 is 11.1 Å². The third-order valence-corrected chi connectivity index (χ3v) is 1.97. The molecule has 0 aliphatic carbocycles. The predicted octanol–water partition coefficient (Wildman–Crippen LogP) is 1.89. The molecule has 1 aromatic heterocycles. The number of nitrogens with one attached hydrogen (secondary N) is 1. The second-order valence-corrected chi connectivity index (χ2v) is 3.34. The first-order valence-electron chi connectivity index (χ1n) is 5.37. The Morgan fingerprint density at radius 2 is 2.27 bits per heavy atom. The smallest absolute Gasteiger partial charge is 0.128 e. The fourth-order valence-electron chi connectivity index (χ4n) is 1.15. The molecule has 0 aliphatic rings. The van der Waals surface area contributed by atoms with Crippen LogP contribution in [0.1, 0.15) is 19.8 Å². The summed E-state index contributed by atoms with van der Waals surface area (Å²) >= 11 is 0. The number of nitrogen functional groups attached to an aromatic ring is 1. The van der Waals surface area contributed by atoms with E-state index in [0.717, 1.165) is 25.4 Å². The van der Waals surface area contributed by atoms with Crippen LogP contribution in [0.25, 0.3) is 0 Å². The molecule has 1 heterocycles. The van der Waals surface area contributed by atoms with E-state index in [-0.39, 0.29) is 0 Å². The molecule has 1 rings (SSSR count). The number of nitrogens with two attached hydrogens (primary N) is 1. The lowest BCUT2D eigenvalue weighted by Crippen LogP contribution is -2.11. The number of hydrogen-bond acceptors (Lipinski definition) is 4. The minimum Gasteiger partial charge on any atom is -0.384 e. The third-order valence-electron chi connectivity index (χ3n) is 1.97. The summed E-state index contributed by atoms with van der Waals surface area (Å²) in [7, 11) is 0. The van der Waals surface area contributed by atoms with E-state index in [4.69, 9.17) is 10.5 Å². The molecule has 0 bridgehead atoms. The molecule has 0 saturated carbocycles. The summed E-state index contributed by atoms with van der Waals surface area (Å²) < 4.78 is 5.40. The number of rotatable bonds is 7. The lowest BCUT2D eigenvalue weighted by atomic mass is 10.4. The van der Waals surface area contributed by atoms with Crippen LogP contribution in [0.4, 0.5) is 11.6 Å². The lowest BCUT2D eigenvalue weighted by Gasteiger charge is -2.06. The Kier molecular flexibility index (Phi) is 5.55. The maximum atomic E-state index is 5.55. The first kappa shape index (κ1) is 11.8. The summed E-state index contributed by atoms with van der Waals surface area (Å²) in [5.41, 5.74) is 5.55. The molecule has 0 saturated heterocycles. The largest absolute Gasteiger partial charge is 0.384 e. The van der Waals surface area contributed by atoms with Gasteiger partial charge in [0.1, 0.15) is 11.6 Å². The number of ether oxygens (including phenoxy) is 1. The Morgan fingerprint density at radius 3 is 3.00 bits per heavy atom. The minimum absolute atomic E-state index is 0.534. The molecule has 0 radical (unpaired) electrons. The fraction of sp³-hybridized carbons (Fsp3) is 0.545. The normalized spacial score (nSPS) is 10.2. The van der Waals surface area contributed by atoms with Crippen LogP contribution in [0.2, 0.25) is 0 Å². The molecular weight excluding hydrogens is 190 g/mol. The van der Waals surface area contributed by atoms with Crippen molar-refractivity contribution in [3.8, 4) is 0 Å². The Bertz CT molecular complexity index is 278. The molecule has 4 heteroatoms. The van der Waals surface area contributed by atoms with Crippen molar-refractivity contribution in [1.29, 1.82) is 0 Å². The van der Waals surface area contributed by atoms with E-state index in [1.54, 1.807) is 6.07 Å². The monoisotopic (exact) mass is 209 g/mol. The van der Waals surface area contributed by atoms with Gasteiger partial charge in [-0.1, -0.05) is 19.4 Å². The summed E-state index contributed by atoms with van der Waals surface area (Å²) in [6, 6.07) is 5.54. The van der Waals surface area contributed by atoms with E-state index >= 15 is 0 Å². The molecule has 0 atom stereocenters. The topological polar surface area (TPSA) is 60.2 Å². The highest BCUT2D eigenvalue weighted by molar-refractivity contribution is 5.41. The summed E-state index contributed by atoms with van der Waals surface area (Å²) in [6.07, 6.45) is 2.29. The van der Waals surface area contributed by atoms with Gasteiger partial charge < -0.3 is 15.8 Å². The Balaban J connectivity index is 2.10. The van der Waals surface area contributed by atoms with E-state index in [2.05, 4.69) is 17.2 Å². The maximum Gasteiger partial charge on any atom is 0.128 e. The molecule has 4 nitrogen and oxygen atoms in total. The molecule has 84 valence electrons. The van der Waals surface area contributed by atoms with Crippen molar-refractivity contribution in [2.45, 2.75) is 19.8 Å². The van der Waals surface area contributed by atoms with E-state index in [1.807, 2.05) is 12.1 Å². The molecule has 0 amide bonds. The highest BCUT2D eigenvalue weighted by atomic mass is 16.5. The Hall–Kier alpha value is -1.29. The van der Waals surface area contributed by atoms with Crippen molar-refractivity contribution in [1.82, 2.24) is 4.98 Å². The number of pyridine rings is 1. The highest BCUT2D eigenvalue weighted by Crippen LogP contribution is 2.04. The summed E-state index contributed by atoms with van der Waals surface area (Å²) in [4.78, 5) is 4.12. The van der Waals surface area contributed by atoms with E-state index in [1.165, 1.54) is 6.42 Å². The van der Waals surface area contributed by atoms with E-state index in [9.17, 15) is 0 Å². The SMILES string of the molecule is CCCCOCCNc1cccc(N)n1. The average Bonchev–Trinajstić information content (AvgIpc) is 2.23. The van der Waals surface area contributed by atoms with Crippen LogP contribution in [0.15, 0.2) is 18.2 Å². The molecule has 1 aromatic rings. The van der Waals surface area contributed by atoms with E-state index in [0.29, 0.717) is 12.4 Å². The first-order valence-corrected chi connectivity index (χ1v) is 5.37. The summed E-state index contributed by atoms with van der Waals surface area (Å²) in [6.45, 7) is 4.46. The van der Waals surface area contributed by atoms with Crippen LogP contribution in [0.3, 0.4) is 0 Å². The van der Waals surface area contributed by atoms with Gasteiger partial charge in [-0.25, -0.2) is 4.98 Å². The maximum absolute atomic E-state index is 5.55. The lowest BCUT2D eigenvalue weighted by molar-refractivity contribution is 0.141. The quantitative estimate of drug-likeness (QED) is 0.673. The van der Waals surface area contributed by atoms with Crippen LogP contribution >= 0.6 is 0 Å². The van der Waals surface area contributed by atoms with Gasteiger partial charge in [0.15, 0.2) is 0 Å². The van der Waals surface area contributed by atoms with Gasteiger partial charge in [0.2, 0.25) is 0 Å².